The molecule has 0 bridgehead atoms. The summed E-state index contributed by atoms with van der Waals surface area (Å²) >= 11 is 0. The Morgan fingerprint density at radius 2 is 2.11 bits per heavy atom. The van der Waals surface area contributed by atoms with Crippen molar-refractivity contribution in [1.29, 1.82) is 0 Å². The molecule has 1 aromatic heterocycles. The molecule has 4 heteroatoms. The second kappa shape index (κ2) is 7.26. The van der Waals surface area contributed by atoms with E-state index in [1.54, 1.807) is 0 Å². The number of aromatic nitrogens is 2. The number of para-hydroxylation sites is 1. The Balaban J connectivity index is 1.66. The number of rotatable bonds is 8. The summed E-state index contributed by atoms with van der Waals surface area (Å²) in [6, 6.07) is 8.30. The summed E-state index contributed by atoms with van der Waals surface area (Å²) in [4.78, 5) is 0. The molecule has 4 nitrogen and oxygen atoms in total. The smallest absolute Gasteiger partial charge is 0.0682 e. The largest absolute Gasteiger partial charge is 0.379 e. The fraction of sp³-hybridized carbons (Fsp3) is 0.533. The molecule has 0 spiro atoms. The van der Waals surface area contributed by atoms with Gasteiger partial charge in [0.25, 0.3) is 0 Å². The fourth-order valence-corrected chi connectivity index (χ4v) is 2.03. The molecule has 0 aliphatic rings. The number of nitrogens with one attached hydrogen (secondary N) is 1. The highest BCUT2D eigenvalue weighted by molar-refractivity contribution is 5.78. The SMILES string of the molecule is CC(C)OCCCNCCn1ncc2ccccc21. The fourth-order valence-electron chi connectivity index (χ4n) is 2.03. The van der Waals surface area contributed by atoms with Gasteiger partial charge in [0, 0.05) is 18.5 Å². The normalized spacial score (nSPS) is 11.5. The van der Waals surface area contributed by atoms with E-state index < -0.39 is 0 Å². The van der Waals surface area contributed by atoms with Crippen LogP contribution in [0.3, 0.4) is 0 Å². The lowest BCUT2D eigenvalue weighted by atomic mass is 10.2. The van der Waals surface area contributed by atoms with Crippen LogP contribution in [0.4, 0.5) is 0 Å². The Bertz CT molecular complexity index is 493. The summed E-state index contributed by atoms with van der Waals surface area (Å²) in [6.07, 6.45) is 3.31. The minimum atomic E-state index is 0.329. The van der Waals surface area contributed by atoms with E-state index in [9.17, 15) is 0 Å². The van der Waals surface area contributed by atoms with Crippen molar-refractivity contribution in [3.63, 3.8) is 0 Å². The maximum atomic E-state index is 5.49. The first-order valence-corrected chi connectivity index (χ1v) is 7.00. The molecular formula is C15H23N3O. The maximum Gasteiger partial charge on any atom is 0.0682 e. The van der Waals surface area contributed by atoms with Gasteiger partial charge in [-0.25, -0.2) is 0 Å². The Morgan fingerprint density at radius 3 is 2.95 bits per heavy atom. The predicted octanol–water partition coefficient (Wildman–Crippen LogP) is 2.44. The van der Waals surface area contributed by atoms with Crippen molar-refractivity contribution in [3.8, 4) is 0 Å². The van der Waals surface area contributed by atoms with Gasteiger partial charge in [0.15, 0.2) is 0 Å². The molecule has 0 atom stereocenters. The van der Waals surface area contributed by atoms with E-state index in [1.165, 1.54) is 10.9 Å². The highest BCUT2D eigenvalue weighted by Gasteiger charge is 2.00. The summed E-state index contributed by atoms with van der Waals surface area (Å²) in [5.74, 6) is 0. The molecule has 0 aliphatic carbocycles. The molecule has 104 valence electrons. The van der Waals surface area contributed by atoms with Crippen LogP contribution in [0, 0.1) is 0 Å². The van der Waals surface area contributed by atoms with Gasteiger partial charge in [-0.2, -0.15) is 5.10 Å². The zero-order valence-electron chi connectivity index (χ0n) is 11.8. The maximum absolute atomic E-state index is 5.49. The lowest BCUT2D eigenvalue weighted by molar-refractivity contribution is 0.0771. The molecule has 0 unspecified atom stereocenters. The van der Waals surface area contributed by atoms with Gasteiger partial charge in [-0.05, 0) is 32.9 Å². The van der Waals surface area contributed by atoms with Crippen molar-refractivity contribution in [2.75, 3.05) is 19.7 Å². The Hall–Kier alpha value is -1.39. The summed E-state index contributed by atoms with van der Waals surface area (Å²) in [7, 11) is 0. The average molecular weight is 261 g/mol. The van der Waals surface area contributed by atoms with Crippen LogP contribution in [0.25, 0.3) is 10.9 Å². The van der Waals surface area contributed by atoms with Crippen LogP contribution in [0.15, 0.2) is 30.5 Å². The lowest BCUT2D eigenvalue weighted by Crippen LogP contribution is -2.22. The van der Waals surface area contributed by atoms with Crippen molar-refractivity contribution in [2.45, 2.75) is 32.9 Å². The van der Waals surface area contributed by atoms with Gasteiger partial charge in [0.1, 0.15) is 0 Å². The van der Waals surface area contributed by atoms with E-state index in [0.29, 0.717) is 6.10 Å². The molecule has 1 N–H and O–H groups in total. The van der Waals surface area contributed by atoms with Crippen molar-refractivity contribution >= 4 is 10.9 Å². The van der Waals surface area contributed by atoms with Gasteiger partial charge in [-0.15, -0.1) is 0 Å². The molecule has 1 heterocycles. The average Bonchev–Trinajstić information content (AvgIpc) is 2.81. The summed E-state index contributed by atoms with van der Waals surface area (Å²) in [5.41, 5.74) is 1.20. The predicted molar refractivity (Wildman–Crippen MR) is 78.3 cm³/mol. The molecule has 0 saturated heterocycles. The Morgan fingerprint density at radius 1 is 1.26 bits per heavy atom. The number of nitrogens with zero attached hydrogens (tertiary/aromatic N) is 2. The van der Waals surface area contributed by atoms with Crippen molar-refractivity contribution in [3.05, 3.63) is 30.5 Å². The van der Waals surface area contributed by atoms with Crippen LogP contribution >= 0.6 is 0 Å². The van der Waals surface area contributed by atoms with Crippen molar-refractivity contribution in [2.24, 2.45) is 0 Å². The molecule has 2 rings (SSSR count). The van der Waals surface area contributed by atoms with E-state index in [2.05, 4.69) is 42.5 Å². The van der Waals surface area contributed by atoms with Gasteiger partial charge in [0.2, 0.25) is 0 Å². The Kier molecular flexibility index (Phi) is 5.36. The van der Waals surface area contributed by atoms with Crippen LogP contribution in [-0.4, -0.2) is 35.6 Å². The number of benzene rings is 1. The summed E-state index contributed by atoms with van der Waals surface area (Å²) in [6.45, 7) is 7.79. The number of hydrogen-bond donors (Lipinski definition) is 1. The second-order valence-electron chi connectivity index (χ2n) is 4.95. The first-order chi connectivity index (χ1) is 9.27. The van der Waals surface area contributed by atoms with E-state index >= 15 is 0 Å². The number of hydrogen-bond acceptors (Lipinski definition) is 3. The minimum absolute atomic E-state index is 0.329. The molecule has 0 aliphatic heterocycles. The van der Waals surface area contributed by atoms with E-state index in [4.69, 9.17) is 4.74 Å². The van der Waals surface area contributed by atoms with Gasteiger partial charge in [0.05, 0.1) is 24.4 Å². The quantitative estimate of drug-likeness (QED) is 0.742. The molecule has 1 aromatic carbocycles. The first kappa shape index (κ1) is 14.0. The summed E-state index contributed by atoms with van der Waals surface area (Å²) in [5, 5.41) is 9.03. The third kappa shape index (κ3) is 4.33. The van der Waals surface area contributed by atoms with Gasteiger partial charge >= 0.3 is 0 Å². The van der Waals surface area contributed by atoms with Crippen LogP contribution in [0.5, 0.6) is 0 Å². The molecule has 0 amide bonds. The molecule has 0 saturated carbocycles. The van der Waals surface area contributed by atoms with Gasteiger partial charge < -0.3 is 10.1 Å². The first-order valence-electron chi connectivity index (χ1n) is 7.00. The minimum Gasteiger partial charge on any atom is -0.379 e. The van der Waals surface area contributed by atoms with Crippen molar-refractivity contribution < 1.29 is 4.74 Å². The Labute approximate surface area is 114 Å². The second-order valence-corrected chi connectivity index (χ2v) is 4.95. The molecule has 19 heavy (non-hydrogen) atoms. The van der Waals surface area contributed by atoms with Gasteiger partial charge in [-0.1, -0.05) is 18.2 Å². The summed E-state index contributed by atoms with van der Waals surface area (Å²) < 4.78 is 7.54. The standard InChI is InChI=1S/C15H23N3O/c1-13(2)19-11-5-8-16-9-10-18-15-7-4-3-6-14(15)12-17-18/h3-4,6-7,12-13,16H,5,8-11H2,1-2H3. The van der Waals surface area contributed by atoms with E-state index in [1.807, 2.05) is 16.9 Å². The third-order valence-corrected chi connectivity index (χ3v) is 3.00. The highest BCUT2D eigenvalue weighted by atomic mass is 16.5. The van der Waals surface area contributed by atoms with Crippen LogP contribution < -0.4 is 5.32 Å². The molecule has 2 aromatic rings. The third-order valence-electron chi connectivity index (χ3n) is 3.00. The van der Waals surface area contributed by atoms with Crippen LogP contribution in [0.1, 0.15) is 20.3 Å². The van der Waals surface area contributed by atoms with E-state index in [0.717, 1.165) is 32.7 Å². The lowest BCUT2D eigenvalue weighted by Gasteiger charge is -2.08. The molecule has 0 fully saturated rings. The number of ether oxygens (including phenoxy) is 1. The molecule has 0 radical (unpaired) electrons. The van der Waals surface area contributed by atoms with Gasteiger partial charge in [-0.3, -0.25) is 4.68 Å². The van der Waals surface area contributed by atoms with Crippen molar-refractivity contribution in [1.82, 2.24) is 15.1 Å². The molecular weight excluding hydrogens is 238 g/mol. The zero-order valence-corrected chi connectivity index (χ0v) is 11.8. The monoisotopic (exact) mass is 261 g/mol. The van der Waals surface area contributed by atoms with Crippen LogP contribution in [0.2, 0.25) is 0 Å². The van der Waals surface area contributed by atoms with Crippen LogP contribution in [-0.2, 0) is 11.3 Å². The van der Waals surface area contributed by atoms with E-state index in [-0.39, 0.29) is 0 Å². The number of fused-ring (bicyclic) bond motifs is 1. The topological polar surface area (TPSA) is 39.1 Å². The highest BCUT2D eigenvalue weighted by Crippen LogP contribution is 2.11. The zero-order chi connectivity index (χ0) is 13.5.